The molecule has 0 spiro atoms. The standard InChI is InChI=1S/C18H31N5O2/c19-11-17(24)10-18(25)20-12-14-9-16-13-22(7-4-8-23(16)21-14)15-5-2-1-3-6-15/h9,15,17,24H,1-8,10-13,19H2,(H,20,25)/t17-/m1/s1. The van der Waals surface area contributed by atoms with Crippen molar-refractivity contribution in [3.8, 4) is 0 Å². The molecular weight excluding hydrogens is 318 g/mol. The first kappa shape index (κ1) is 18.4. The van der Waals surface area contributed by atoms with E-state index in [-0.39, 0.29) is 18.9 Å². The zero-order valence-corrected chi connectivity index (χ0v) is 15.0. The van der Waals surface area contributed by atoms with Crippen LogP contribution in [0.4, 0.5) is 0 Å². The van der Waals surface area contributed by atoms with Crippen molar-refractivity contribution >= 4 is 5.91 Å². The maximum atomic E-state index is 11.8. The molecule has 1 saturated carbocycles. The Bertz CT molecular complexity index is 568. The average Bonchev–Trinajstić information content (AvgIpc) is 2.91. The van der Waals surface area contributed by atoms with Crippen molar-refractivity contribution in [2.24, 2.45) is 5.73 Å². The molecule has 1 fully saturated rings. The number of rotatable bonds is 6. The highest BCUT2D eigenvalue weighted by molar-refractivity contribution is 5.76. The van der Waals surface area contributed by atoms with Gasteiger partial charge >= 0.3 is 0 Å². The fourth-order valence-corrected chi connectivity index (χ4v) is 3.95. The number of carbonyl (C=O) groups is 1. The van der Waals surface area contributed by atoms with Crippen LogP contribution in [0.2, 0.25) is 0 Å². The van der Waals surface area contributed by atoms with Gasteiger partial charge in [-0.05, 0) is 25.3 Å². The molecule has 0 unspecified atom stereocenters. The van der Waals surface area contributed by atoms with Gasteiger partial charge in [-0.1, -0.05) is 19.3 Å². The Kier molecular flexibility index (Phi) is 6.45. The third-order valence-electron chi connectivity index (χ3n) is 5.35. The first-order valence-electron chi connectivity index (χ1n) is 9.60. The molecule has 140 valence electrons. The first-order chi connectivity index (χ1) is 12.2. The van der Waals surface area contributed by atoms with E-state index in [9.17, 15) is 9.90 Å². The van der Waals surface area contributed by atoms with Crippen LogP contribution >= 0.6 is 0 Å². The molecule has 1 atom stereocenters. The zero-order valence-electron chi connectivity index (χ0n) is 15.0. The number of nitrogens with two attached hydrogens (primary N) is 1. The second-order valence-electron chi connectivity index (χ2n) is 7.34. The predicted octanol–water partition coefficient (Wildman–Crippen LogP) is 0.747. The van der Waals surface area contributed by atoms with Gasteiger partial charge in [-0.25, -0.2) is 0 Å². The summed E-state index contributed by atoms with van der Waals surface area (Å²) >= 11 is 0. The minimum absolute atomic E-state index is 0.0412. The summed E-state index contributed by atoms with van der Waals surface area (Å²) in [5.74, 6) is -0.190. The van der Waals surface area contributed by atoms with E-state index >= 15 is 0 Å². The van der Waals surface area contributed by atoms with Crippen LogP contribution in [0.5, 0.6) is 0 Å². The largest absolute Gasteiger partial charge is 0.391 e. The molecule has 0 bridgehead atoms. The Labute approximate surface area is 149 Å². The van der Waals surface area contributed by atoms with Crippen molar-refractivity contribution in [3.05, 3.63) is 17.5 Å². The van der Waals surface area contributed by atoms with Crippen molar-refractivity contribution in [2.75, 3.05) is 13.1 Å². The molecule has 1 aromatic heterocycles. The minimum atomic E-state index is -0.775. The summed E-state index contributed by atoms with van der Waals surface area (Å²) in [4.78, 5) is 14.4. The molecule has 2 aliphatic rings. The molecule has 0 saturated heterocycles. The van der Waals surface area contributed by atoms with Crippen molar-refractivity contribution in [1.82, 2.24) is 20.0 Å². The van der Waals surface area contributed by atoms with Crippen LogP contribution in [0.3, 0.4) is 0 Å². The van der Waals surface area contributed by atoms with Gasteiger partial charge < -0.3 is 16.2 Å². The van der Waals surface area contributed by atoms with E-state index in [1.165, 1.54) is 37.8 Å². The monoisotopic (exact) mass is 349 g/mol. The quantitative estimate of drug-likeness (QED) is 0.704. The lowest BCUT2D eigenvalue weighted by atomic mass is 9.94. The summed E-state index contributed by atoms with van der Waals surface area (Å²) in [5, 5.41) is 16.9. The van der Waals surface area contributed by atoms with E-state index in [4.69, 9.17) is 5.73 Å². The lowest BCUT2D eigenvalue weighted by Crippen LogP contribution is -2.36. The molecule has 0 aromatic carbocycles. The fraction of sp³-hybridized carbons (Fsp3) is 0.778. The number of aromatic nitrogens is 2. The average molecular weight is 349 g/mol. The minimum Gasteiger partial charge on any atom is -0.391 e. The summed E-state index contributed by atoms with van der Waals surface area (Å²) < 4.78 is 2.10. The van der Waals surface area contributed by atoms with Gasteiger partial charge in [0.25, 0.3) is 0 Å². The topological polar surface area (TPSA) is 96.4 Å². The number of nitrogens with one attached hydrogen (secondary N) is 1. The number of amides is 1. The Balaban J connectivity index is 1.56. The maximum Gasteiger partial charge on any atom is 0.222 e. The van der Waals surface area contributed by atoms with Crippen LogP contribution in [0, 0.1) is 0 Å². The first-order valence-corrected chi connectivity index (χ1v) is 9.60. The molecule has 1 aromatic rings. The number of aryl methyl sites for hydroxylation is 1. The van der Waals surface area contributed by atoms with Gasteiger partial charge in [0.1, 0.15) is 0 Å². The Morgan fingerprint density at radius 3 is 2.88 bits per heavy atom. The van der Waals surface area contributed by atoms with E-state index in [0.29, 0.717) is 6.54 Å². The number of aliphatic hydroxyl groups excluding tert-OH is 1. The van der Waals surface area contributed by atoms with Crippen molar-refractivity contribution < 1.29 is 9.90 Å². The molecule has 3 rings (SSSR count). The molecule has 0 radical (unpaired) electrons. The van der Waals surface area contributed by atoms with E-state index in [1.54, 1.807) is 0 Å². The van der Waals surface area contributed by atoms with E-state index < -0.39 is 6.10 Å². The van der Waals surface area contributed by atoms with Crippen LogP contribution in [-0.4, -0.2) is 50.9 Å². The normalized spacial score (nSPS) is 20.7. The van der Waals surface area contributed by atoms with Crippen LogP contribution in [0.15, 0.2) is 6.07 Å². The smallest absolute Gasteiger partial charge is 0.222 e. The van der Waals surface area contributed by atoms with Crippen LogP contribution in [0.1, 0.15) is 56.3 Å². The van der Waals surface area contributed by atoms with E-state index in [1.807, 2.05) is 0 Å². The lowest BCUT2D eigenvalue weighted by molar-refractivity contribution is -0.123. The Morgan fingerprint density at radius 1 is 1.32 bits per heavy atom. The number of hydrogen-bond donors (Lipinski definition) is 3. The van der Waals surface area contributed by atoms with E-state index in [0.717, 1.165) is 37.8 Å². The second kappa shape index (κ2) is 8.78. The summed E-state index contributed by atoms with van der Waals surface area (Å²) in [6.45, 7) is 3.55. The number of fused-ring (bicyclic) bond motifs is 1. The molecule has 2 heterocycles. The van der Waals surface area contributed by atoms with Gasteiger partial charge in [0.15, 0.2) is 0 Å². The Hall–Kier alpha value is -1.44. The number of hydrogen-bond acceptors (Lipinski definition) is 5. The zero-order chi connectivity index (χ0) is 17.6. The highest BCUT2D eigenvalue weighted by Crippen LogP contribution is 2.25. The molecule has 25 heavy (non-hydrogen) atoms. The molecule has 1 aliphatic heterocycles. The molecule has 1 aliphatic carbocycles. The number of nitrogens with zero attached hydrogens (tertiary/aromatic N) is 3. The Morgan fingerprint density at radius 2 is 2.12 bits per heavy atom. The van der Waals surface area contributed by atoms with Crippen molar-refractivity contribution in [3.63, 3.8) is 0 Å². The van der Waals surface area contributed by atoms with Gasteiger partial charge in [-0.15, -0.1) is 0 Å². The number of aliphatic hydroxyl groups is 1. The van der Waals surface area contributed by atoms with Gasteiger partial charge in [-0.2, -0.15) is 5.10 Å². The SMILES string of the molecule is NC[C@H](O)CC(=O)NCc1cc2n(n1)CCCN(C1CCCCC1)C2. The van der Waals surface area contributed by atoms with Gasteiger partial charge in [0.2, 0.25) is 5.91 Å². The predicted molar refractivity (Wildman–Crippen MR) is 95.7 cm³/mol. The van der Waals surface area contributed by atoms with Gasteiger partial charge in [-0.3, -0.25) is 14.4 Å². The van der Waals surface area contributed by atoms with Crippen molar-refractivity contribution in [2.45, 2.75) is 76.7 Å². The van der Waals surface area contributed by atoms with Crippen LogP contribution in [-0.2, 0) is 24.4 Å². The summed E-state index contributed by atoms with van der Waals surface area (Å²) in [6, 6.07) is 2.83. The van der Waals surface area contributed by atoms with Gasteiger partial charge in [0.05, 0.1) is 30.5 Å². The highest BCUT2D eigenvalue weighted by atomic mass is 16.3. The number of carbonyl (C=O) groups excluding carboxylic acids is 1. The summed E-state index contributed by atoms with van der Waals surface area (Å²) in [5.41, 5.74) is 7.46. The fourth-order valence-electron chi connectivity index (χ4n) is 3.95. The second-order valence-corrected chi connectivity index (χ2v) is 7.34. The van der Waals surface area contributed by atoms with E-state index in [2.05, 4.69) is 26.1 Å². The van der Waals surface area contributed by atoms with Crippen LogP contribution < -0.4 is 11.1 Å². The summed E-state index contributed by atoms with van der Waals surface area (Å²) in [7, 11) is 0. The molecule has 7 heteroatoms. The third-order valence-corrected chi connectivity index (χ3v) is 5.35. The summed E-state index contributed by atoms with van der Waals surface area (Å²) in [6.07, 6.45) is 7.12. The third kappa shape index (κ3) is 5.03. The maximum absolute atomic E-state index is 11.8. The molecule has 4 N–H and O–H groups in total. The molecule has 1 amide bonds. The highest BCUT2D eigenvalue weighted by Gasteiger charge is 2.24. The lowest BCUT2D eigenvalue weighted by Gasteiger charge is -2.33. The van der Waals surface area contributed by atoms with Crippen LogP contribution in [0.25, 0.3) is 0 Å². The van der Waals surface area contributed by atoms with Gasteiger partial charge in [0, 0.05) is 32.2 Å². The molecular formula is C18H31N5O2. The molecule has 7 nitrogen and oxygen atoms in total. The van der Waals surface area contributed by atoms with Crippen molar-refractivity contribution in [1.29, 1.82) is 0 Å².